The largest absolute Gasteiger partial charge is 0.481 e. The van der Waals surface area contributed by atoms with E-state index in [1.807, 2.05) is 12.1 Å². The molecule has 1 amide bonds. The van der Waals surface area contributed by atoms with E-state index in [1.165, 1.54) is 37.3 Å². The third-order valence-corrected chi connectivity index (χ3v) is 5.87. The van der Waals surface area contributed by atoms with Crippen molar-refractivity contribution in [2.75, 3.05) is 26.7 Å². The lowest BCUT2D eigenvalue weighted by Crippen LogP contribution is -2.57. The van der Waals surface area contributed by atoms with Gasteiger partial charge in [-0.25, -0.2) is 4.98 Å². The second-order valence-corrected chi connectivity index (χ2v) is 7.52. The van der Waals surface area contributed by atoms with Crippen molar-refractivity contribution in [3.05, 3.63) is 35.3 Å². The second-order valence-electron chi connectivity index (χ2n) is 6.47. The van der Waals surface area contributed by atoms with Crippen LogP contribution in [0.15, 0.2) is 30.5 Å². The van der Waals surface area contributed by atoms with Gasteiger partial charge in [0.15, 0.2) is 5.06 Å². The van der Waals surface area contributed by atoms with Crippen LogP contribution in [0.3, 0.4) is 0 Å². The average Bonchev–Trinajstić information content (AvgIpc) is 3.11. The van der Waals surface area contributed by atoms with E-state index >= 15 is 0 Å². The number of nitrogens with one attached hydrogen (secondary N) is 1. The molecule has 3 aliphatic rings. The van der Waals surface area contributed by atoms with Crippen LogP contribution in [0.4, 0.5) is 0 Å². The number of nitrogens with zero attached hydrogens (tertiary/aromatic N) is 2. The zero-order chi connectivity index (χ0) is 17.2. The van der Waals surface area contributed by atoms with Crippen LogP contribution in [0.1, 0.15) is 22.5 Å². The number of aromatic nitrogens is 1. The fraction of sp³-hybridized carbons (Fsp3) is 0.444. The second kappa shape index (κ2) is 7.01. The highest BCUT2D eigenvalue weighted by Crippen LogP contribution is 2.31. The summed E-state index contributed by atoms with van der Waals surface area (Å²) in [6.45, 7) is 3.31. The number of rotatable bonds is 5. The summed E-state index contributed by atoms with van der Waals surface area (Å²) in [5, 5.41) is 3.88. The van der Waals surface area contributed by atoms with Crippen molar-refractivity contribution < 1.29 is 14.3 Å². The number of ether oxygens (including phenoxy) is 2. The van der Waals surface area contributed by atoms with Crippen molar-refractivity contribution in [1.82, 2.24) is 15.2 Å². The van der Waals surface area contributed by atoms with Gasteiger partial charge >= 0.3 is 0 Å². The van der Waals surface area contributed by atoms with Crippen LogP contribution in [0.2, 0.25) is 0 Å². The first-order valence-electron chi connectivity index (χ1n) is 8.52. The standard InChI is InChI=1S/C18H21N3O3S/c1-23-16-10-13(4-7-19-16)24-17-3-2-15(25-17)18(22)20-14-11-21-8-5-12(14)6-9-21/h2-4,7,10,12,14H,5-6,8-9,11H2,1H3,(H,20,22)/t14-/m0/s1. The van der Waals surface area contributed by atoms with Crippen molar-refractivity contribution >= 4 is 17.2 Å². The Hall–Kier alpha value is -2.12. The number of thiophene rings is 1. The molecule has 3 saturated heterocycles. The Kier molecular flexibility index (Phi) is 4.59. The van der Waals surface area contributed by atoms with E-state index in [4.69, 9.17) is 9.47 Å². The average molecular weight is 359 g/mol. The van der Waals surface area contributed by atoms with E-state index in [0.29, 0.717) is 27.5 Å². The van der Waals surface area contributed by atoms with Gasteiger partial charge in [-0.15, -0.1) is 0 Å². The molecule has 0 radical (unpaired) electrons. The third kappa shape index (κ3) is 3.62. The molecule has 2 bridgehead atoms. The highest BCUT2D eigenvalue weighted by Gasteiger charge is 2.35. The summed E-state index contributed by atoms with van der Waals surface area (Å²) in [6, 6.07) is 7.38. The molecule has 5 heterocycles. The summed E-state index contributed by atoms with van der Waals surface area (Å²) in [4.78, 5) is 19.7. The first-order valence-corrected chi connectivity index (χ1v) is 9.34. The number of amides is 1. The third-order valence-electron chi connectivity index (χ3n) is 4.91. The molecule has 0 saturated carbocycles. The maximum Gasteiger partial charge on any atom is 0.261 e. The molecule has 0 aliphatic carbocycles. The Balaban J connectivity index is 1.39. The van der Waals surface area contributed by atoms with Crippen LogP contribution < -0.4 is 14.8 Å². The van der Waals surface area contributed by atoms with Crippen molar-refractivity contribution in [3.63, 3.8) is 0 Å². The van der Waals surface area contributed by atoms with Gasteiger partial charge in [0.2, 0.25) is 5.88 Å². The van der Waals surface area contributed by atoms with E-state index in [-0.39, 0.29) is 11.9 Å². The quantitative estimate of drug-likeness (QED) is 0.889. The number of carbonyl (C=O) groups excluding carboxylic acids is 1. The number of hydrogen-bond acceptors (Lipinski definition) is 6. The molecular formula is C18H21N3O3S. The predicted molar refractivity (Wildman–Crippen MR) is 95.6 cm³/mol. The van der Waals surface area contributed by atoms with E-state index in [2.05, 4.69) is 15.2 Å². The van der Waals surface area contributed by atoms with Gasteiger partial charge in [-0.3, -0.25) is 4.79 Å². The lowest BCUT2D eigenvalue weighted by Gasteiger charge is -2.44. The molecule has 7 heteroatoms. The van der Waals surface area contributed by atoms with Gasteiger partial charge < -0.3 is 19.7 Å². The lowest BCUT2D eigenvalue weighted by molar-refractivity contribution is 0.0622. The number of pyridine rings is 1. The smallest absolute Gasteiger partial charge is 0.261 e. The Morgan fingerprint density at radius 1 is 1.32 bits per heavy atom. The highest BCUT2D eigenvalue weighted by molar-refractivity contribution is 7.15. The number of hydrogen-bond donors (Lipinski definition) is 1. The predicted octanol–water partition coefficient (Wildman–Crippen LogP) is 2.77. The lowest BCUT2D eigenvalue weighted by atomic mass is 9.84. The number of methoxy groups -OCH3 is 1. The Morgan fingerprint density at radius 2 is 2.16 bits per heavy atom. The van der Waals surface area contributed by atoms with Crippen LogP contribution in [0.5, 0.6) is 16.7 Å². The van der Waals surface area contributed by atoms with Crippen molar-refractivity contribution in [2.45, 2.75) is 18.9 Å². The van der Waals surface area contributed by atoms with E-state index in [9.17, 15) is 4.79 Å². The summed E-state index contributed by atoms with van der Waals surface area (Å²) in [7, 11) is 1.56. The van der Waals surface area contributed by atoms with Crippen LogP contribution in [0.25, 0.3) is 0 Å². The van der Waals surface area contributed by atoms with Gasteiger partial charge in [0.25, 0.3) is 5.91 Å². The minimum atomic E-state index is -0.00842. The normalized spacial score (nSPS) is 24.8. The fourth-order valence-electron chi connectivity index (χ4n) is 3.55. The summed E-state index contributed by atoms with van der Waals surface area (Å²) in [5.74, 6) is 1.74. The summed E-state index contributed by atoms with van der Waals surface area (Å²) >= 11 is 1.35. The molecule has 1 atom stereocenters. The van der Waals surface area contributed by atoms with Crippen LogP contribution in [-0.4, -0.2) is 48.6 Å². The van der Waals surface area contributed by atoms with Gasteiger partial charge in [0.1, 0.15) is 5.75 Å². The molecule has 25 heavy (non-hydrogen) atoms. The first-order chi connectivity index (χ1) is 12.2. The first kappa shape index (κ1) is 16.4. The molecule has 0 unspecified atom stereocenters. The summed E-state index contributed by atoms with van der Waals surface area (Å²) in [6.07, 6.45) is 4.00. The van der Waals surface area contributed by atoms with Crippen molar-refractivity contribution in [1.29, 1.82) is 0 Å². The van der Waals surface area contributed by atoms with Crippen molar-refractivity contribution in [3.8, 4) is 16.7 Å². The van der Waals surface area contributed by atoms with E-state index in [1.54, 1.807) is 25.4 Å². The maximum absolute atomic E-state index is 12.6. The van der Waals surface area contributed by atoms with Crippen LogP contribution >= 0.6 is 11.3 Å². The number of carbonyl (C=O) groups is 1. The maximum atomic E-state index is 12.6. The van der Waals surface area contributed by atoms with Crippen molar-refractivity contribution in [2.24, 2.45) is 5.92 Å². The minimum absolute atomic E-state index is 0.00842. The SMILES string of the molecule is COc1cc(Oc2ccc(C(=O)N[C@H]3CN4CCC3CC4)s2)ccn1. The van der Waals surface area contributed by atoms with Crippen LogP contribution in [-0.2, 0) is 0 Å². The van der Waals surface area contributed by atoms with E-state index < -0.39 is 0 Å². The van der Waals surface area contributed by atoms with Gasteiger partial charge in [0.05, 0.1) is 12.0 Å². The molecule has 0 aromatic carbocycles. The molecule has 132 valence electrons. The number of fused-ring (bicyclic) bond motifs is 3. The van der Waals surface area contributed by atoms with Crippen LogP contribution in [0, 0.1) is 5.92 Å². The van der Waals surface area contributed by atoms with Gasteiger partial charge in [-0.05, 0) is 50.0 Å². The zero-order valence-corrected chi connectivity index (χ0v) is 14.9. The topological polar surface area (TPSA) is 63.7 Å². The molecule has 1 N–H and O–H groups in total. The van der Waals surface area contributed by atoms with Gasteiger partial charge in [0, 0.05) is 24.8 Å². The van der Waals surface area contributed by atoms with Gasteiger partial charge in [-0.2, -0.15) is 0 Å². The zero-order valence-electron chi connectivity index (χ0n) is 14.1. The monoisotopic (exact) mass is 359 g/mol. The Labute approximate surface area is 150 Å². The molecule has 6 nitrogen and oxygen atoms in total. The molecule has 2 aromatic rings. The summed E-state index contributed by atoms with van der Waals surface area (Å²) < 4.78 is 10.9. The van der Waals surface area contributed by atoms with E-state index in [0.717, 1.165) is 6.54 Å². The fourth-order valence-corrected chi connectivity index (χ4v) is 4.33. The molecular weight excluding hydrogens is 338 g/mol. The molecule has 2 aromatic heterocycles. The Morgan fingerprint density at radius 3 is 2.88 bits per heavy atom. The molecule has 5 rings (SSSR count). The molecule has 3 fully saturated rings. The summed E-state index contributed by atoms with van der Waals surface area (Å²) in [5.41, 5.74) is 0. The molecule has 0 spiro atoms. The molecule has 3 aliphatic heterocycles. The number of piperidine rings is 3. The highest BCUT2D eigenvalue weighted by atomic mass is 32.1. The Bertz CT molecular complexity index is 756. The van der Waals surface area contributed by atoms with Gasteiger partial charge in [-0.1, -0.05) is 11.3 Å². The minimum Gasteiger partial charge on any atom is -0.481 e.